The van der Waals surface area contributed by atoms with E-state index in [1.165, 1.54) is 25.1 Å². The Kier molecular flexibility index (Phi) is 3.86. The molecule has 2 aromatic rings. The van der Waals surface area contributed by atoms with Crippen LogP contribution >= 0.6 is 11.6 Å². The smallest absolute Gasteiger partial charge is 0.163 e. The second-order valence-corrected chi connectivity index (χ2v) is 4.62. The normalized spacial score (nSPS) is 10.3. The van der Waals surface area contributed by atoms with E-state index in [2.05, 4.69) is 0 Å². The molecule has 0 aliphatic rings. The summed E-state index contributed by atoms with van der Waals surface area (Å²) in [6.45, 7) is 3.22. The first-order valence-electron chi connectivity index (χ1n) is 5.72. The van der Waals surface area contributed by atoms with Gasteiger partial charge in [-0.2, -0.15) is 0 Å². The highest BCUT2D eigenvalue weighted by Gasteiger charge is 2.11. The quantitative estimate of drug-likeness (QED) is 0.755. The Morgan fingerprint density at radius 1 is 1.21 bits per heavy atom. The molecule has 4 heteroatoms. The van der Waals surface area contributed by atoms with Crippen LogP contribution in [-0.4, -0.2) is 5.78 Å². The Bertz CT molecular complexity index is 638. The standard InChI is InChI=1S/C15H12ClFO2/c1-9-7-12(4-5-14(9)16)19-15-6-3-11(17)8-13(15)10(2)18/h3-8H,1-2H3. The van der Waals surface area contributed by atoms with Crippen molar-refractivity contribution < 1.29 is 13.9 Å². The highest BCUT2D eigenvalue weighted by atomic mass is 35.5. The lowest BCUT2D eigenvalue weighted by Crippen LogP contribution is -1.98. The van der Waals surface area contributed by atoms with E-state index in [1.54, 1.807) is 18.2 Å². The van der Waals surface area contributed by atoms with Crippen LogP contribution in [0.25, 0.3) is 0 Å². The van der Waals surface area contributed by atoms with E-state index in [0.29, 0.717) is 16.5 Å². The number of hydrogen-bond donors (Lipinski definition) is 0. The number of carbonyl (C=O) groups excluding carboxylic acids is 1. The highest BCUT2D eigenvalue weighted by Crippen LogP contribution is 2.29. The second-order valence-electron chi connectivity index (χ2n) is 4.21. The fourth-order valence-corrected chi connectivity index (χ4v) is 1.79. The minimum absolute atomic E-state index is 0.215. The van der Waals surface area contributed by atoms with Crippen LogP contribution in [0, 0.1) is 12.7 Å². The van der Waals surface area contributed by atoms with Gasteiger partial charge in [-0.3, -0.25) is 4.79 Å². The van der Waals surface area contributed by atoms with Crippen molar-refractivity contribution in [2.45, 2.75) is 13.8 Å². The maximum atomic E-state index is 13.1. The first-order valence-corrected chi connectivity index (χ1v) is 6.09. The van der Waals surface area contributed by atoms with Crippen molar-refractivity contribution in [3.63, 3.8) is 0 Å². The minimum Gasteiger partial charge on any atom is -0.457 e. The molecule has 0 fully saturated rings. The van der Waals surface area contributed by atoms with Gasteiger partial charge in [0.1, 0.15) is 17.3 Å². The molecule has 0 aliphatic heterocycles. The zero-order chi connectivity index (χ0) is 14.0. The van der Waals surface area contributed by atoms with Gasteiger partial charge in [0.2, 0.25) is 0 Å². The van der Waals surface area contributed by atoms with Crippen molar-refractivity contribution in [1.82, 2.24) is 0 Å². The van der Waals surface area contributed by atoms with Crippen molar-refractivity contribution in [3.05, 3.63) is 58.4 Å². The third kappa shape index (κ3) is 3.12. The Morgan fingerprint density at radius 3 is 2.58 bits per heavy atom. The van der Waals surface area contributed by atoms with Gasteiger partial charge in [0.05, 0.1) is 5.56 Å². The van der Waals surface area contributed by atoms with E-state index < -0.39 is 5.82 Å². The Morgan fingerprint density at radius 2 is 1.95 bits per heavy atom. The van der Waals surface area contributed by atoms with Gasteiger partial charge in [0.25, 0.3) is 0 Å². The third-order valence-electron chi connectivity index (χ3n) is 2.68. The number of hydrogen-bond acceptors (Lipinski definition) is 2. The number of Topliss-reactive ketones (excluding diaryl/α,β-unsaturated/α-hetero) is 1. The molecule has 0 bridgehead atoms. The van der Waals surface area contributed by atoms with Crippen LogP contribution in [0.5, 0.6) is 11.5 Å². The number of ketones is 1. The van der Waals surface area contributed by atoms with Crippen molar-refractivity contribution in [1.29, 1.82) is 0 Å². The van der Waals surface area contributed by atoms with Gasteiger partial charge in [-0.1, -0.05) is 11.6 Å². The highest BCUT2D eigenvalue weighted by molar-refractivity contribution is 6.31. The third-order valence-corrected chi connectivity index (χ3v) is 3.10. The first kappa shape index (κ1) is 13.6. The number of rotatable bonds is 3. The van der Waals surface area contributed by atoms with Gasteiger partial charge in [-0.25, -0.2) is 4.39 Å². The average Bonchev–Trinajstić information content (AvgIpc) is 2.36. The fourth-order valence-electron chi connectivity index (χ4n) is 1.67. The van der Waals surface area contributed by atoms with E-state index in [9.17, 15) is 9.18 Å². The molecule has 0 saturated carbocycles. The monoisotopic (exact) mass is 278 g/mol. The van der Waals surface area contributed by atoms with Gasteiger partial charge in [0, 0.05) is 5.02 Å². The molecule has 2 nitrogen and oxygen atoms in total. The lowest BCUT2D eigenvalue weighted by Gasteiger charge is -2.10. The van der Waals surface area contributed by atoms with Crippen molar-refractivity contribution in [3.8, 4) is 11.5 Å². The molecular formula is C15H12ClFO2. The predicted octanol–water partition coefficient (Wildman–Crippen LogP) is 4.78. The summed E-state index contributed by atoms with van der Waals surface area (Å²) in [7, 11) is 0. The lowest BCUT2D eigenvalue weighted by atomic mass is 10.1. The number of aryl methyl sites for hydroxylation is 1. The number of ether oxygens (including phenoxy) is 1. The number of halogens is 2. The molecular weight excluding hydrogens is 267 g/mol. The first-order chi connectivity index (χ1) is 8.97. The Hall–Kier alpha value is -1.87. The van der Waals surface area contributed by atoms with E-state index in [1.807, 2.05) is 6.92 Å². The molecule has 2 rings (SSSR count). The topological polar surface area (TPSA) is 26.3 Å². The van der Waals surface area contributed by atoms with E-state index in [0.717, 1.165) is 5.56 Å². The van der Waals surface area contributed by atoms with Crippen molar-refractivity contribution >= 4 is 17.4 Å². The largest absolute Gasteiger partial charge is 0.457 e. The molecule has 0 heterocycles. The summed E-state index contributed by atoms with van der Waals surface area (Å²) in [6, 6.07) is 9.03. The summed E-state index contributed by atoms with van der Waals surface area (Å²) in [5.74, 6) is 0.164. The van der Waals surface area contributed by atoms with Gasteiger partial charge >= 0.3 is 0 Å². The molecule has 0 N–H and O–H groups in total. The van der Waals surface area contributed by atoms with Crippen LogP contribution in [-0.2, 0) is 0 Å². The molecule has 0 saturated heterocycles. The molecule has 0 amide bonds. The van der Waals surface area contributed by atoms with Crippen LogP contribution in [0.3, 0.4) is 0 Å². The molecule has 0 atom stereocenters. The molecule has 98 valence electrons. The van der Waals surface area contributed by atoms with Gasteiger partial charge in [0.15, 0.2) is 5.78 Å². The summed E-state index contributed by atoms with van der Waals surface area (Å²) in [6.07, 6.45) is 0. The zero-order valence-electron chi connectivity index (χ0n) is 10.5. The SMILES string of the molecule is CC(=O)c1cc(F)ccc1Oc1ccc(Cl)c(C)c1. The molecule has 0 radical (unpaired) electrons. The van der Waals surface area contributed by atoms with Crippen LogP contribution in [0.15, 0.2) is 36.4 Å². The van der Waals surface area contributed by atoms with Crippen molar-refractivity contribution in [2.75, 3.05) is 0 Å². The predicted molar refractivity (Wildman–Crippen MR) is 72.7 cm³/mol. The average molecular weight is 279 g/mol. The molecule has 2 aromatic carbocycles. The van der Waals surface area contributed by atoms with Crippen LogP contribution in [0.1, 0.15) is 22.8 Å². The Balaban J connectivity index is 2.37. The zero-order valence-corrected chi connectivity index (χ0v) is 11.3. The summed E-state index contributed by atoms with van der Waals surface area (Å²) < 4.78 is 18.8. The summed E-state index contributed by atoms with van der Waals surface area (Å²) in [5.41, 5.74) is 1.08. The van der Waals surface area contributed by atoms with Crippen LogP contribution < -0.4 is 4.74 Å². The van der Waals surface area contributed by atoms with Crippen molar-refractivity contribution in [2.24, 2.45) is 0 Å². The van der Waals surface area contributed by atoms with E-state index >= 15 is 0 Å². The van der Waals surface area contributed by atoms with Gasteiger partial charge < -0.3 is 4.74 Å². The van der Waals surface area contributed by atoms with Gasteiger partial charge in [-0.05, 0) is 55.8 Å². The molecule has 0 aromatic heterocycles. The Labute approximate surface area is 115 Å². The summed E-state index contributed by atoms with van der Waals surface area (Å²) in [4.78, 5) is 11.5. The molecule has 0 unspecified atom stereocenters. The molecule has 0 aliphatic carbocycles. The minimum atomic E-state index is -0.468. The second kappa shape index (κ2) is 5.41. The summed E-state index contributed by atoms with van der Waals surface area (Å²) >= 11 is 5.93. The number of benzene rings is 2. The van der Waals surface area contributed by atoms with Gasteiger partial charge in [-0.15, -0.1) is 0 Å². The number of carbonyl (C=O) groups is 1. The maximum Gasteiger partial charge on any atom is 0.163 e. The van der Waals surface area contributed by atoms with E-state index in [4.69, 9.17) is 16.3 Å². The molecule has 0 spiro atoms. The maximum absolute atomic E-state index is 13.1. The summed E-state index contributed by atoms with van der Waals surface area (Å²) in [5, 5.41) is 0.637. The molecule has 19 heavy (non-hydrogen) atoms. The fraction of sp³-hybridized carbons (Fsp3) is 0.133. The van der Waals surface area contributed by atoms with E-state index in [-0.39, 0.29) is 11.3 Å². The lowest BCUT2D eigenvalue weighted by molar-refractivity contribution is 0.101. The van der Waals surface area contributed by atoms with Crippen LogP contribution in [0.4, 0.5) is 4.39 Å². The van der Waals surface area contributed by atoms with Crippen LogP contribution in [0.2, 0.25) is 5.02 Å².